The summed E-state index contributed by atoms with van der Waals surface area (Å²) in [5.41, 5.74) is 7.09. The van der Waals surface area contributed by atoms with Gasteiger partial charge in [-0.3, -0.25) is 9.78 Å². The summed E-state index contributed by atoms with van der Waals surface area (Å²) in [6, 6.07) is 9.36. The van der Waals surface area contributed by atoms with Gasteiger partial charge in [0.2, 0.25) is 0 Å². The lowest BCUT2D eigenvalue weighted by molar-refractivity contribution is 0.0937. The molecule has 1 aromatic carbocycles. The quantitative estimate of drug-likeness (QED) is 0.877. The first-order chi connectivity index (χ1) is 9.53. The molecule has 0 fully saturated rings. The zero-order valence-electron chi connectivity index (χ0n) is 12.0. The number of hydrogen-bond donors (Lipinski definition) is 2. The Morgan fingerprint density at radius 1 is 1.30 bits per heavy atom. The number of aromatic nitrogens is 1. The Kier molecular flexibility index (Phi) is 4.35. The van der Waals surface area contributed by atoms with Crippen molar-refractivity contribution in [1.29, 1.82) is 0 Å². The Hall–Kier alpha value is -1.94. The summed E-state index contributed by atoms with van der Waals surface area (Å²) in [5.74, 6) is -0.0614. The van der Waals surface area contributed by atoms with Crippen molar-refractivity contribution in [3.05, 3.63) is 42.1 Å². The molecule has 3 N–H and O–H groups in total. The largest absolute Gasteiger partial charge is 0.351 e. The molecule has 0 saturated carbocycles. The first kappa shape index (κ1) is 14.5. The van der Waals surface area contributed by atoms with E-state index >= 15 is 0 Å². The highest BCUT2D eigenvalue weighted by Gasteiger charge is 2.19. The van der Waals surface area contributed by atoms with Crippen LogP contribution in [0.4, 0.5) is 0 Å². The molecule has 20 heavy (non-hydrogen) atoms. The number of pyridine rings is 1. The third-order valence-corrected chi connectivity index (χ3v) is 3.44. The second-order valence-electron chi connectivity index (χ2n) is 5.76. The zero-order chi connectivity index (χ0) is 14.6. The van der Waals surface area contributed by atoms with E-state index in [-0.39, 0.29) is 11.3 Å². The summed E-state index contributed by atoms with van der Waals surface area (Å²) in [6.07, 6.45) is 2.61. The highest BCUT2D eigenvalue weighted by molar-refractivity contribution is 6.06. The Morgan fingerprint density at radius 3 is 2.85 bits per heavy atom. The van der Waals surface area contributed by atoms with E-state index in [0.717, 1.165) is 17.3 Å². The Bertz CT molecular complexity index is 602. The number of carbonyl (C=O) groups excluding carboxylic acids is 1. The number of nitrogens with one attached hydrogen (secondary N) is 1. The van der Waals surface area contributed by atoms with Gasteiger partial charge >= 0.3 is 0 Å². The molecule has 0 aliphatic heterocycles. The predicted octanol–water partition coefficient (Wildman–Crippen LogP) is 2.34. The van der Waals surface area contributed by atoms with Gasteiger partial charge in [-0.25, -0.2) is 0 Å². The molecule has 1 aromatic heterocycles. The third kappa shape index (κ3) is 3.33. The van der Waals surface area contributed by atoms with Gasteiger partial charge in [0, 0.05) is 23.7 Å². The van der Waals surface area contributed by atoms with E-state index in [4.69, 9.17) is 5.73 Å². The highest BCUT2D eigenvalue weighted by Crippen LogP contribution is 2.19. The molecule has 0 atom stereocenters. The number of carbonyl (C=O) groups is 1. The predicted molar refractivity (Wildman–Crippen MR) is 81.5 cm³/mol. The van der Waals surface area contributed by atoms with Gasteiger partial charge in [0.25, 0.3) is 5.91 Å². The molecule has 2 aromatic rings. The highest BCUT2D eigenvalue weighted by atomic mass is 16.1. The van der Waals surface area contributed by atoms with Gasteiger partial charge in [-0.1, -0.05) is 26.0 Å². The van der Waals surface area contributed by atoms with Crippen LogP contribution in [-0.2, 0) is 0 Å². The van der Waals surface area contributed by atoms with E-state index in [9.17, 15) is 4.79 Å². The van der Waals surface area contributed by atoms with Crippen LogP contribution < -0.4 is 11.1 Å². The number of hydrogen-bond acceptors (Lipinski definition) is 3. The zero-order valence-corrected chi connectivity index (χ0v) is 12.0. The van der Waals surface area contributed by atoms with Crippen LogP contribution in [0.2, 0.25) is 0 Å². The standard InChI is InChI=1S/C16H21N3O/c1-16(2,8-9-17)11-19-15(20)13-5-3-7-14-12(13)6-4-10-18-14/h3-7,10H,8-9,11,17H2,1-2H3,(H,19,20). The molecule has 1 heterocycles. The maximum atomic E-state index is 12.3. The van der Waals surface area contributed by atoms with E-state index in [1.165, 1.54) is 0 Å². The second kappa shape index (κ2) is 6.01. The van der Waals surface area contributed by atoms with Crippen LogP contribution in [0.15, 0.2) is 36.5 Å². The summed E-state index contributed by atoms with van der Waals surface area (Å²) < 4.78 is 0. The lowest BCUT2D eigenvalue weighted by atomic mass is 9.89. The Labute approximate surface area is 119 Å². The monoisotopic (exact) mass is 271 g/mol. The summed E-state index contributed by atoms with van der Waals surface area (Å²) in [5, 5.41) is 3.87. The molecular weight excluding hydrogens is 250 g/mol. The average Bonchev–Trinajstić information content (AvgIpc) is 2.44. The summed E-state index contributed by atoms with van der Waals surface area (Å²) in [6.45, 7) is 5.44. The molecule has 1 amide bonds. The minimum atomic E-state index is -0.0614. The molecule has 0 radical (unpaired) electrons. The van der Waals surface area contributed by atoms with Crippen LogP contribution in [0.25, 0.3) is 10.9 Å². The fourth-order valence-corrected chi connectivity index (χ4v) is 2.20. The van der Waals surface area contributed by atoms with E-state index in [0.29, 0.717) is 18.7 Å². The molecule has 4 nitrogen and oxygen atoms in total. The van der Waals surface area contributed by atoms with Gasteiger partial charge in [-0.2, -0.15) is 0 Å². The van der Waals surface area contributed by atoms with Gasteiger partial charge in [0.1, 0.15) is 0 Å². The van der Waals surface area contributed by atoms with E-state index < -0.39 is 0 Å². The van der Waals surface area contributed by atoms with Gasteiger partial charge in [0.05, 0.1) is 5.52 Å². The summed E-state index contributed by atoms with van der Waals surface area (Å²) in [7, 11) is 0. The maximum Gasteiger partial charge on any atom is 0.251 e. The molecule has 0 saturated heterocycles. The minimum Gasteiger partial charge on any atom is -0.351 e. The van der Waals surface area contributed by atoms with Crippen molar-refractivity contribution in [3.63, 3.8) is 0 Å². The fraction of sp³-hybridized carbons (Fsp3) is 0.375. The van der Waals surface area contributed by atoms with E-state index in [2.05, 4.69) is 24.1 Å². The normalized spacial score (nSPS) is 11.6. The summed E-state index contributed by atoms with van der Waals surface area (Å²) >= 11 is 0. The van der Waals surface area contributed by atoms with Crippen molar-refractivity contribution >= 4 is 16.8 Å². The second-order valence-corrected chi connectivity index (χ2v) is 5.76. The SMILES string of the molecule is CC(C)(CCN)CNC(=O)c1cccc2ncccc12. The lowest BCUT2D eigenvalue weighted by Crippen LogP contribution is -2.35. The van der Waals surface area contributed by atoms with Crippen LogP contribution in [0.5, 0.6) is 0 Å². The maximum absolute atomic E-state index is 12.3. The van der Waals surface area contributed by atoms with E-state index in [1.807, 2.05) is 30.3 Å². The van der Waals surface area contributed by atoms with Crippen LogP contribution in [0, 0.1) is 5.41 Å². The molecule has 0 spiro atoms. The van der Waals surface area contributed by atoms with Crippen molar-refractivity contribution < 1.29 is 4.79 Å². The molecule has 0 aliphatic carbocycles. The van der Waals surface area contributed by atoms with Crippen molar-refractivity contribution in [2.24, 2.45) is 11.1 Å². The molecule has 0 aliphatic rings. The van der Waals surface area contributed by atoms with Crippen LogP contribution >= 0.6 is 0 Å². The van der Waals surface area contributed by atoms with Gasteiger partial charge in [-0.05, 0) is 36.6 Å². The van der Waals surface area contributed by atoms with Crippen LogP contribution in [-0.4, -0.2) is 24.0 Å². The van der Waals surface area contributed by atoms with Crippen LogP contribution in [0.1, 0.15) is 30.6 Å². The molecule has 2 rings (SSSR count). The van der Waals surface area contributed by atoms with Crippen molar-refractivity contribution in [1.82, 2.24) is 10.3 Å². The first-order valence-electron chi connectivity index (χ1n) is 6.85. The number of nitrogens with two attached hydrogens (primary N) is 1. The Morgan fingerprint density at radius 2 is 2.10 bits per heavy atom. The lowest BCUT2D eigenvalue weighted by Gasteiger charge is -2.24. The third-order valence-electron chi connectivity index (χ3n) is 3.44. The van der Waals surface area contributed by atoms with Gasteiger partial charge in [0.15, 0.2) is 0 Å². The van der Waals surface area contributed by atoms with Crippen LogP contribution in [0.3, 0.4) is 0 Å². The van der Waals surface area contributed by atoms with Gasteiger partial charge < -0.3 is 11.1 Å². The summed E-state index contributed by atoms with van der Waals surface area (Å²) in [4.78, 5) is 16.6. The molecule has 0 bridgehead atoms. The minimum absolute atomic E-state index is 0.00719. The van der Waals surface area contributed by atoms with Crippen molar-refractivity contribution in [3.8, 4) is 0 Å². The number of benzene rings is 1. The smallest absolute Gasteiger partial charge is 0.251 e. The van der Waals surface area contributed by atoms with E-state index in [1.54, 1.807) is 6.20 Å². The van der Waals surface area contributed by atoms with Crippen molar-refractivity contribution in [2.45, 2.75) is 20.3 Å². The first-order valence-corrected chi connectivity index (χ1v) is 6.85. The fourth-order valence-electron chi connectivity index (χ4n) is 2.20. The molecule has 0 unspecified atom stereocenters. The number of fused-ring (bicyclic) bond motifs is 1. The molecule has 4 heteroatoms. The van der Waals surface area contributed by atoms with Crippen molar-refractivity contribution in [2.75, 3.05) is 13.1 Å². The number of rotatable bonds is 5. The number of nitrogens with zero attached hydrogens (tertiary/aromatic N) is 1. The molecular formula is C16H21N3O. The van der Waals surface area contributed by atoms with Gasteiger partial charge in [-0.15, -0.1) is 0 Å². The average molecular weight is 271 g/mol. The Balaban J connectivity index is 2.16. The molecule has 106 valence electrons. The topological polar surface area (TPSA) is 68.0 Å². The number of amides is 1.